The highest BCUT2D eigenvalue weighted by Gasteiger charge is 2.28. The average Bonchev–Trinajstić information content (AvgIpc) is 3.68. The number of aromatic nitrogens is 5. The molecule has 11 heteroatoms. The molecule has 0 saturated carbocycles. The van der Waals surface area contributed by atoms with Crippen LogP contribution >= 0.6 is 0 Å². The highest BCUT2D eigenvalue weighted by Crippen LogP contribution is 2.35. The van der Waals surface area contributed by atoms with Crippen molar-refractivity contribution in [3.63, 3.8) is 0 Å². The number of hydrogen-bond donors (Lipinski definition) is 1. The maximum Gasteiger partial charge on any atom is 0.252 e. The van der Waals surface area contributed by atoms with Crippen LogP contribution in [0.1, 0.15) is 49.2 Å². The fraction of sp³-hybridized carbons (Fsp3) is 0.407. The second-order valence-corrected chi connectivity index (χ2v) is 9.73. The molecule has 2 aliphatic rings. The van der Waals surface area contributed by atoms with Gasteiger partial charge in [0.15, 0.2) is 17.3 Å². The number of benzene rings is 2. The maximum atomic E-state index is 13.6. The monoisotopic (exact) mass is 520 g/mol. The summed E-state index contributed by atoms with van der Waals surface area (Å²) in [6.45, 7) is 4.37. The van der Waals surface area contributed by atoms with Crippen LogP contribution < -0.4 is 15.0 Å². The third-order valence-corrected chi connectivity index (χ3v) is 7.17. The average molecular weight is 521 g/mol. The molecule has 4 heterocycles. The highest BCUT2D eigenvalue weighted by molar-refractivity contribution is 5.83. The summed E-state index contributed by atoms with van der Waals surface area (Å²) < 4.78 is 32.3. The smallest absolute Gasteiger partial charge is 0.252 e. The third-order valence-electron chi connectivity index (χ3n) is 7.17. The van der Waals surface area contributed by atoms with Crippen molar-refractivity contribution in [1.29, 1.82) is 0 Å². The quantitative estimate of drug-likeness (QED) is 0.356. The molecule has 0 spiro atoms. The number of nitrogens with zero attached hydrogens (tertiary/aromatic N) is 5. The topological polar surface area (TPSA) is 107 Å². The summed E-state index contributed by atoms with van der Waals surface area (Å²) in [5.74, 6) is 1.68. The Bertz CT molecular complexity index is 1480. The van der Waals surface area contributed by atoms with Gasteiger partial charge in [-0.3, -0.25) is 9.69 Å². The highest BCUT2D eigenvalue weighted by atomic mass is 19.1. The number of halogens is 1. The van der Waals surface area contributed by atoms with E-state index in [1.807, 2.05) is 16.8 Å². The lowest BCUT2D eigenvalue weighted by molar-refractivity contribution is 0.0888. The molecule has 2 aromatic carbocycles. The van der Waals surface area contributed by atoms with Gasteiger partial charge in [0.1, 0.15) is 5.82 Å². The minimum Gasteiger partial charge on any atom is -0.454 e. The number of ether oxygens (including phenoxy) is 3. The van der Waals surface area contributed by atoms with E-state index < -0.39 is 0 Å². The molecule has 1 N–H and O–H groups in total. The van der Waals surface area contributed by atoms with E-state index in [0.29, 0.717) is 54.5 Å². The maximum absolute atomic E-state index is 13.6. The normalized spacial score (nSPS) is 17.5. The molecule has 4 aromatic rings. The van der Waals surface area contributed by atoms with E-state index >= 15 is 0 Å². The first kappa shape index (κ1) is 24.5. The van der Waals surface area contributed by atoms with Crippen LogP contribution in [0.5, 0.6) is 11.5 Å². The summed E-state index contributed by atoms with van der Waals surface area (Å²) in [5.41, 5.74) is 2.01. The number of aromatic amines is 1. The lowest BCUT2D eigenvalue weighted by Gasteiger charge is -2.30. The zero-order valence-corrected chi connectivity index (χ0v) is 21.1. The van der Waals surface area contributed by atoms with Crippen LogP contribution in [0.15, 0.2) is 47.3 Å². The molecule has 2 aliphatic heterocycles. The van der Waals surface area contributed by atoms with Crippen LogP contribution in [0.2, 0.25) is 0 Å². The second kappa shape index (κ2) is 10.5. The molecule has 1 fully saturated rings. The molecule has 2 unspecified atom stereocenters. The van der Waals surface area contributed by atoms with Crippen LogP contribution in [0, 0.1) is 5.82 Å². The predicted octanol–water partition coefficient (Wildman–Crippen LogP) is 3.71. The molecule has 2 aromatic heterocycles. The summed E-state index contributed by atoms with van der Waals surface area (Å²) in [5, 5.41) is 13.5. The molecule has 0 bridgehead atoms. The number of rotatable bonds is 9. The van der Waals surface area contributed by atoms with Gasteiger partial charge in [-0.05, 0) is 59.5 Å². The Morgan fingerprint density at radius 3 is 2.74 bits per heavy atom. The first-order chi connectivity index (χ1) is 18.6. The fourth-order valence-corrected chi connectivity index (χ4v) is 5.24. The number of hydrogen-bond acceptors (Lipinski definition) is 8. The lowest BCUT2D eigenvalue weighted by Crippen LogP contribution is -2.33. The first-order valence-electron chi connectivity index (χ1n) is 12.9. The minimum absolute atomic E-state index is 0.0802. The summed E-state index contributed by atoms with van der Waals surface area (Å²) in [6, 6.07) is 11.8. The van der Waals surface area contributed by atoms with Gasteiger partial charge in [-0.25, -0.2) is 9.07 Å². The van der Waals surface area contributed by atoms with E-state index in [9.17, 15) is 9.18 Å². The Morgan fingerprint density at radius 1 is 1.16 bits per heavy atom. The Kier molecular flexibility index (Phi) is 6.77. The fourth-order valence-electron chi connectivity index (χ4n) is 5.24. The third kappa shape index (κ3) is 4.99. The molecule has 198 valence electrons. The van der Waals surface area contributed by atoms with Crippen LogP contribution in [-0.4, -0.2) is 49.6 Å². The van der Waals surface area contributed by atoms with Crippen LogP contribution in [0.4, 0.5) is 4.39 Å². The second-order valence-electron chi connectivity index (χ2n) is 9.73. The van der Waals surface area contributed by atoms with E-state index in [1.54, 1.807) is 18.2 Å². The number of tetrazole rings is 1. The van der Waals surface area contributed by atoms with E-state index in [2.05, 4.69) is 32.3 Å². The Labute approximate surface area is 218 Å². The molecular weight excluding hydrogens is 491 g/mol. The largest absolute Gasteiger partial charge is 0.454 e. The Morgan fingerprint density at radius 2 is 1.97 bits per heavy atom. The van der Waals surface area contributed by atoms with Crippen molar-refractivity contribution >= 4 is 10.9 Å². The van der Waals surface area contributed by atoms with Crippen LogP contribution in [0.25, 0.3) is 10.9 Å². The predicted molar refractivity (Wildman–Crippen MR) is 136 cm³/mol. The van der Waals surface area contributed by atoms with Crippen molar-refractivity contribution in [3.05, 3.63) is 75.6 Å². The van der Waals surface area contributed by atoms with E-state index in [1.165, 1.54) is 12.1 Å². The van der Waals surface area contributed by atoms with Crippen LogP contribution in [0.3, 0.4) is 0 Å². The molecule has 0 aliphatic carbocycles. The van der Waals surface area contributed by atoms with E-state index in [-0.39, 0.29) is 30.3 Å². The zero-order chi connectivity index (χ0) is 26.1. The first-order valence-corrected chi connectivity index (χ1v) is 12.9. The van der Waals surface area contributed by atoms with Gasteiger partial charge in [-0.2, -0.15) is 0 Å². The van der Waals surface area contributed by atoms with Crippen molar-refractivity contribution in [2.75, 3.05) is 13.4 Å². The van der Waals surface area contributed by atoms with Crippen LogP contribution in [-0.2, 0) is 24.4 Å². The lowest BCUT2D eigenvalue weighted by atomic mass is 10.1. The van der Waals surface area contributed by atoms with Gasteiger partial charge in [0, 0.05) is 36.7 Å². The minimum atomic E-state index is -0.294. The number of fused-ring (bicyclic) bond motifs is 2. The van der Waals surface area contributed by atoms with Gasteiger partial charge in [-0.15, -0.1) is 5.10 Å². The summed E-state index contributed by atoms with van der Waals surface area (Å²) in [6.07, 6.45) is 2.79. The van der Waals surface area contributed by atoms with Crippen molar-refractivity contribution in [1.82, 2.24) is 30.1 Å². The molecule has 6 rings (SSSR count). The molecule has 10 nitrogen and oxygen atoms in total. The SMILES string of the molecule is CCC(c1nnnn1CC1CCCO1)N(Cc1ccc(F)cc1)Cc1cc2cc3c(cc2[nH]c1=O)OCO3. The Hall–Kier alpha value is -3.83. The molecule has 2 atom stereocenters. The standard InChI is InChI=1S/C27H29FN6O4/c1-2-23(26-30-31-32-34(26)15-21-4-3-9-36-21)33(13-17-5-7-20(28)8-6-17)14-19-10-18-11-24-25(38-16-37-24)12-22(18)29-27(19)35/h5-8,10-12,21,23H,2-4,9,13-16H2,1H3,(H,29,35). The van der Waals surface area contributed by atoms with Crippen molar-refractivity contribution in [2.24, 2.45) is 0 Å². The zero-order valence-electron chi connectivity index (χ0n) is 21.1. The molecule has 1 saturated heterocycles. The van der Waals surface area contributed by atoms with Gasteiger partial charge >= 0.3 is 0 Å². The molecule has 38 heavy (non-hydrogen) atoms. The van der Waals surface area contributed by atoms with Gasteiger partial charge < -0.3 is 19.2 Å². The molecular formula is C27H29FN6O4. The van der Waals surface area contributed by atoms with Gasteiger partial charge in [0.25, 0.3) is 5.56 Å². The van der Waals surface area contributed by atoms with Crippen molar-refractivity contribution < 1.29 is 18.6 Å². The van der Waals surface area contributed by atoms with Gasteiger partial charge in [-0.1, -0.05) is 19.1 Å². The summed E-state index contributed by atoms with van der Waals surface area (Å²) in [7, 11) is 0. The number of pyridine rings is 1. The molecule has 0 radical (unpaired) electrons. The summed E-state index contributed by atoms with van der Waals surface area (Å²) in [4.78, 5) is 18.3. The van der Waals surface area contributed by atoms with Crippen molar-refractivity contribution in [2.45, 2.75) is 58.0 Å². The van der Waals surface area contributed by atoms with E-state index in [0.717, 1.165) is 30.4 Å². The van der Waals surface area contributed by atoms with Crippen molar-refractivity contribution in [3.8, 4) is 11.5 Å². The molecule has 0 amide bonds. The number of nitrogens with one attached hydrogen (secondary N) is 1. The van der Waals surface area contributed by atoms with E-state index in [4.69, 9.17) is 14.2 Å². The van der Waals surface area contributed by atoms with Gasteiger partial charge in [0.05, 0.1) is 24.2 Å². The number of H-pyrrole nitrogens is 1. The summed E-state index contributed by atoms with van der Waals surface area (Å²) >= 11 is 0. The van der Waals surface area contributed by atoms with Gasteiger partial charge in [0.2, 0.25) is 6.79 Å². The Balaban J connectivity index is 1.35.